The lowest BCUT2D eigenvalue weighted by molar-refractivity contribution is 0.580. The zero-order valence-corrected chi connectivity index (χ0v) is 12.0. The molecule has 1 aromatic heterocycles. The number of amidine groups is 1. The topological polar surface area (TPSA) is 102 Å². The molecule has 106 valence electrons. The van der Waals surface area contributed by atoms with E-state index < -0.39 is 9.84 Å². The van der Waals surface area contributed by atoms with Crippen LogP contribution in [0.5, 0.6) is 0 Å². The second-order valence-corrected chi connectivity index (χ2v) is 6.72. The number of sulfone groups is 1. The summed E-state index contributed by atoms with van der Waals surface area (Å²) in [6.45, 7) is 0.226. The first-order chi connectivity index (χ1) is 9.38. The maximum Gasteiger partial charge on any atom is 0.180 e. The number of hydrogen-bond donors (Lipinski definition) is 2. The van der Waals surface area contributed by atoms with Gasteiger partial charge in [-0.25, -0.2) is 8.42 Å². The molecule has 0 radical (unpaired) electrons. The van der Waals surface area contributed by atoms with Gasteiger partial charge < -0.3 is 5.73 Å². The van der Waals surface area contributed by atoms with E-state index in [1.54, 1.807) is 6.20 Å². The molecule has 0 bridgehead atoms. The lowest BCUT2D eigenvalue weighted by atomic mass is 10.2. The number of nitrogens with zero attached hydrogens (tertiary/aromatic N) is 2. The van der Waals surface area contributed by atoms with Gasteiger partial charge in [0.1, 0.15) is 5.84 Å². The van der Waals surface area contributed by atoms with Gasteiger partial charge in [-0.1, -0.05) is 23.7 Å². The van der Waals surface area contributed by atoms with E-state index in [-0.39, 0.29) is 23.0 Å². The minimum atomic E-state index is -3.41. The number of halogens is 1. The fourth-order valence-corrected chi connectivity index (χ4v) is 3.00. The van der Waals surface area contributed by atoms with Gasteiger partial charge in [-0.05, 0) is 12.1 Å². The lowest BCUT2D eigenvalue weighted by Gasteiger charge is -2.06. The van der Waals surface area contributed by atoms with Crippen LogP contribution in [0.2, 0.25) is 5.02 Å². The standard InChI is InChI=1S/C12H13ClN4O2S/c13-10-7-16-17(8-10)5-6-20(18,19)11-3-1-9(2-4-11)12(14)15/h1-4,7-8H,5-6H2,(H3,14,15). The summed E-state index contributed by atoms with van der Waals surface area (Å²) >= 11 is 5.71. The van der Waals surface area contributed by atoms with E-state index in [1.165, 1.54) is 35.1 Å². The molecule has 6 nitrogen and oxygen atoms in total. The smallest absolute Gasteiger partial charge is 0.180 e. The molecule has 2 rings (SSSR count). The van der Waals surface area contributed by atoms with Gasteiger partial charge in [0.2, 0.25) is 0 Å². The molecule has 0 unspecified atom stereocenters. The number of aromatic nitrogens is 2. The Bertz CT molecular complexity index is 722. The van der Waals surface area contributed by atoms with E-state index in [0.717, 1.165) is 0 Å². The van der Waals surface area contributed by atoms with Gasteiger partial charge in [0, 0.05) is 11.8 Å². The van der Waals surface area contributed by atoms with Crippen molar-refractivity contribution in [3.05, 3.63) is 47.2 Å². The van der Waals surface area contributed by atoms with Crippen LogP contribution in [-0.4, -0.2) is 29.8 Å². The molecule has 0 saturated heterocycles. The van der Waals surface area contributed by atoms with Crippen molar-refractivity contribution < 1.29 is 8.42 Å². The Balaban J connectivity index is 2.11. The zero-order valence-electron chi connectivity index (χ0n) is 10.5. The largest absolute Gasteiger partial charge is 0.384 e. The first-order valence-electron chi connectivity index (χ1n) is 5.74. The number of nitrogens with one attached hydrogen (secondary N) is 1. The van der Waals surface area contributed by atoms with Crippen LogP contribution in [0.1, 0.15) is 5.56 Å². The molecular formula is C12H13ClN4O2S. The Kier molecular flexibility index (Phi) is 4.10. The van der Waals surface area contributed by atoms with Gasteiger partial charge in [0.05, 0.1) is 28.4 Å². The van der Waals surface area contributed by atoms with Gasteiger partial charge in [-0.2, -0.15) is 5.10 Å². The molecule has 0 fully saturated rings. The number of rotatable bonds is 5. The minimum absolute atomic E-state index is 0.0789. The molecule has 2 aromatic rings. The molecule has 3 N–H and O–H groups in total. The third-order valence-electron chi connectivity index (χ3n) is 2.72. The summed E-state index contributed by atoms with van der Waals surface area (Å²) in [4.78, 5) is 0.195. The van der Waals surface area contributed by atoms with Gasteiger partial charge >= 0.3 is 0 Å². The van der Waals surface area contributed by atoms with Crippen molar-refractivity contribution in [1.29, 1.82) is 5.41 Å². The van der Waals surface area contributed by atoms with Crippen LogP contribution < -0.4 is 5.73 Å². The highest BCUT2D eigenvalue weighted by atomic mass is 35.5. The predicted molar refractivity (Wildman–Crippen MR) is 76.7 cm³/mol. The maximum atomic E-state index is 12.1. The Morgan fingerprint density at radius 1 is 1.35 bits per heavy atom. The average molecular weight is 313 g/mol. The summed E-state index contributed by atoms with van der Waals surface area (Å²) in [5.41, 5.74) is 5.81. The van der Waals surface area contributed by atoms with Crippen molar-refractivity contribution in [1.82, 2.24) is 9.78 Å². The van der Waals surface area contributed by atoms with Crippen LogP contribution in [-0.2, 0) is 16.4 Å². The predicted octanol–water partition coefficient (Wildman–Crippen LogP) is 1.29. The summed E-state index contributed by atoms with van der Waals surface area (Å²) in [5.74, 6) is -0.176. The number of hydrogen-bond acceptors (Lipinski definition) is 4. The fraction of sp³-hybridized carbons (Fsp3) is 0.167. The van der Waals surface area contributed by atoms with Crippen LogP contribution in [0.3, 0.4) is 0 Å². The van der Waals surface area contributed by atoms with Crippen LogP contribution >= 0.6 is 11.6 Å². The van der Waals surface area contributed by atoms with Crippen molar-refractivity contribution in [2.75, 3.05) is 5.75 Å². The van der Waals surface area contributed by atoms with E-state index in [9.17, 15) is 8.42 Å². The molecule has 0 aliphatic heterocycles. The third-order valence-corrected chi connectivity index (χ3v) is 4.62. The Labute approximate surface area is 121 Å². The monoisotopic (exact) mass is 312 g/mol. The van der Waals surface area contributed by atoms with E-state index >= 15 is 0 Å². The number of nitrogen functional groups attached to an aromatic ring is 1. The van der Waals surface area contributed by atoms with Crippen molar-refractivity contribution >= 4 is 27.3 Å². The molecule has 0 atom stereocenters. The Morgan fingerprint density at radius 3 is 2.50 bits per heavy atom. The average Bonchev–Trinajstić information content (AvgIpc) is 2.82. The van der Waals surface area contributed by atoms with Crippen molar-refractivity contribution in [2.45, 2.75) is 11.4 Å². The van der Waals surface area contributed by atoms with Gasteiger partial charge in [-0.3, -0.25) is 10.1 Å². The van der Waals surface area contributed by atoms with Crippen molar-refractivity contribution in [2.24, 2.45) is 5.73 Å². The van der Waals surface area contributed by atoms with Gasteiger partial charge in [0.15, 0.2) is 9.84 Å². The molecule has 8 heteroatoms. The molecule has 1 heterocycles. The number of nitrogens with two attached hydrogens (primary N) is 1. The van der Waals surface area contributed by atoms with Crippen LogP contribution in [0.25, 0.3) is 0 Å². The number of aryl methyl sites for hydroxylation is 1. The second kappa shape index (κ2) is 5.64. The SMILES string of the molecule is N=C(N)c1ccc(S(=O)(=O)CCn2cc(Cl)cn2)cc1. The summed E-state index contributed by atoms with van der Waals surface area (Å²) in [7, 11) is -3.41. The third kappa shape index (κ3) is 3.37. The van der Waals surface area contributed by atoms with Crippen LogP contribution in [0.4, 0.5) is 0 Å². The van der Waals surface area contributed by atoms with Gasteiger partial charge in [0.25, 0.3) is 0 Å². The fourth-order valence-electron chi connectivity index (χ4n) is 1.63. The van der Waals surface area contributed by atoms with Crippen LogP contribution in [0, 0.1) is 5.41 Å². The zero-order chi connectivity index (χ0) is 14.8. The normalized spacial score (nSPS) is 11.4. The Hall–Kier alpha value is -1.86. The molecule has 0 aliphatic carbocycles. The Morgan fingerprint density at radius 2 is 2.00 bits per heavy atom. The van der Waals surface area contributed by atoms with Crippen LogP contribution in [0.15, 0.2) is 41.6 Å². The van der Waals surface area contributed by atoms with Gasteiger partial charge in [-0.15, -0.1) is 0 Å². The van der Waals surface area contributed by atoms with Crippen molar-refractivity contribution in [3.63, 3.8) is 0 Å². The first kappa shape index (κ1) is 14.5. The molecule has 1 aromatic carbocycles. The summed E-state index contributed by atoms with van der Waals surface area (Å²) in [6.07, 6.45) is 3.02. The highest BCUT2D eigenvalue weighted by Gasteiger charge is 2.15. The maximum absolute atomic E-state index is 12.1. The summed E-state index contributed by atoms with van der Waals surface area (Å²) in [6, 6.07) is 5.92. The van der Waals surface area contributed by atoms with Crippen molar-refractivity contribution in [3.8, 4) is 0 Å². The minimum Gasteiger partial charge on any atom is -0.384 e. The van der Waals surface area contributed by atoms with E-state index in [2.05, 4.69) is 5.10 Å². The molecule has 0 saturated carbocycles. The number of benzene rings is 1. The van der Waals surface area contributed by atoms with E-state index in [0.29, 0.717) is 10.6 Å². The molecule has 0 spiro atoms. The quantitative estimate of drug-likeness (QED) is 0.641. The van der Waals surface area contributed by atoms with E-state index in [1.807, 2.05) is 0 Å². The molecule has 0 amide bonds. The lowest BCUT2D eigenvalue weighted by Crippen LogP contribution is -2.14. The first-order valence-corrected chi connectivity index (χ1v) is 7.77. The highest BCUT2D eigenvalue weighted by Crippen LogP contribution is 2.13. The summed E-state index contributed by atoms with van der Waals surface area (Å²) in [5, 5.41) is 11.7. The molecule has 0 aliphatic rings. The summed E-state index contributed by atoms with van der Waals surface area (Å²) < 4.78 is 25.7. The molecule has 20 heavy (non-hydrogen) atoms. The molecular weight excluding hydrogens is 300 g/mol. The highest BCUT2D eigenvalue weighted by molar-refractivity contribution is 7.91. The van der Waals surface area contributed by atoms with E-state index in [4.69, 9.17) is 22.7 Å². The second-order valence-electron chi connectivity index (χ2n) is 4.18.